The summed E-state index contributed by atoms with van der Waals surface area (Å²) in [4.78, 5) is 6.79. The van der Waals surface area contributed by atoms with Crippen LogP contribution in [0.5, 0.6) is 0 Å². The van der Waals surface area contributed by atoms with E-state index >= 15 is 0 Å². The lowest BCUT2D eigenvalue weighted by molar-refractivity contribution is 0.0489. The van der Waals surface area contributed by atoms with Crippen molar-refractivity contribution >= 4 is 11.3 Å². The molecule has 0 aromatic carbocycles. The average Bonchev–Trinajstić information content (AvgIpc) is 3.23. The van der Waals surface area contributed by atoms with Gasteiger partial charge in [-0.2, -0.15) is 11.3 Å². The summed E-state index contributed by atoms with van der Waals surface area (Å²) in [7, 11) is 0. The molecule has 0 bridgehead atoms. The molecule has 23 heavy (non-hydrogen) atoms. The summed E-state index contributed by atoms with van der Waals surface area (Å²) in [5, 5.41) is 4.45. The van der Waals surface area contributed by atoms with Crippen LogP contribution in [0.1, 0.15) is 30.9 Å². The maximum atomic E-state index is 5.85. The van der Waals surface area contributed by atoms with Gasteiger partial charge in [0, 0.05) is 37.5 Å². The molecule has 0 spiro atoms. The number of thiophene rings is 1. The Kier molecular flexibility index (Phi) is 5.81. The fourth-order valence-electron chi connectivity index (χ4n) is 3.47. The summed E-state index contributed by atoms with van der Waals surface area (Å²) in [6.07, 6.45) is 7.43. The Hall–Kier alpha value is -1.23. The number of hydrogen-bond acceptors (Lipinski definition) is 4. The smallest absolute Gasteiger partial charge is 0.0535 e. The van der Waals surface area contributed by atoms with E-state index in [1.165, 1.54) is 24.0 Å². The third kappa shape index (κ3) is 4.63. The van der Waals surface area contributed by atoms with Crippen LogP contribution in [0.15, 0.2) is 41.4 Å². The van der Waals surface area contributed by atoms with Crippen LogP contribution < -0.4 is 0 Å². The van der Waals surface area contributed by atoms with E-state index in [1.54, 1.807) is 11.3 Å². The van der Waals surface area contributed by atoms with Gasteiger partial charge in [0.05, 0.1) is 6.61 Å². The Bertz CT molecular complexity index is 572. The van der Waals surface area contributed by atoms with Crippen LogP contribution in [0.3, 0.4) is 0 Å². The largest absolute Gasteiger partial charge is 0.381 e. The first-order valence-electron chi connectivity index (χ1n) is 8.50. The molecule has 2 aromatic heterocycles. The van der Waals surface area contributed by atoms with Crippen LogP contribution in [-0.4, -0.2) is 36.2 Å². The summed E-state index contributed by atoms with van der Waals surface area (Å²) >= 11 is 1.79. The second kappa shape index (κ2) is 8.04. The van der Waals surface area contributed by atoms with Crippen molar-refractivity contribution in [3.8, 4) is 0 Å². The van der Waals surface area contributed by atoms with Crippen LogP contribution in [0, 0.1) is 5.41 Å². The van der Waals surface area contributed by atoms with Crippen molar-refractivity contribution < 1.29 is 4.74 Å². The van der Waals surface area contributed by atoms with Gasteiger partial charge in [0.2, 0.25) is 0 Å². The molecule has 2 aromatic rings. The van der Waals surface area contributed by atoms with E-state index < -0.39 is 0 Å². The van der Waals surface area contributed by atoms with E-state index in [4.69, 9.17) is 4.74 Å². The van der Waals surface area contributed by atoms with Gasteiger partial charge in [0.15, 0.2) is 0 Å². The van der Waals surface area contributed by atoms with Gasteiger partial charge in [-0.05, 0) is 66.8 Å². The molecule has 1 aliphatic heterocycles. The predicted molar refractivity (Wildman–Crippen MR) is 95.7 cm³/mol. The highest BCUT2D eigenvalue weighted by atomic mass is 32.1. The van der Waals surface area contributed by atoms with Crippen molar-refractivity contribution in [2.45, 2.75) is 32.7 Å². The second-order valence-corrected chi connectivity index (χ2v) is 7.37. The molecule has 0 aliphatic carbocycles. The zero-order chi connectivity index (χ0) is 16.0. The van der Waals surface area contributed by atoms with Crippen LogP contribution in [0.25, 0.3) is 0 Å². The van der Waals surface area contributed by atoms with E-state index in [0.29, 0.717) is 5.41 Å². The van der Waals surface area contributed by atoms with Crippen LogP contribution >= 0.6 is 11.3 Å². The normalized spacial score (nSPS) is 21.8. The summed E-state index contributed by atoms with van der Waals surface area (Å²) < 4.78 is 5.85. The molecule has 3 heterocycles. The van der Waals surface area contributed by atoms with Gasteiger partial charge in [-0.25, -0.2) is 0 Å². The summed E-state index contributed by atoms with van der Waals surface area (Å²) in [5.74, 6) is 0. The number of nitrogens with zero attached hydrogens (tertiary/aromatic N) is 2. The first kappa shape index (κ1) is 16.6. The van der Waals surface area contributed by atoms with E-state index in [2.05, 4.69) is 39.7 Å². The molecule has 3 nitrogen and oxygen atoms in total. The first-order valence-corrected chi connectivity index (χ1v) is 9.44. The summed E-state index contributed by atoms with van der Waals surface area (Å²) in [6.45, 7) is 7.08. The first-order chi connectivity index (χ1) is 11.3. The van der Waals surface area contributed by atoms with E-state index in [9.17, 15) is 0 Å². The molecule has 1 atom stereocenters. The minimum atomic E-state index is 0.306. The molecule has 0 saturated carbocycles. The minimum Gasteiger partial charge on any atom is -0.381 e. The fourth-order valence-corrected chi connectivity index (χ4v) is 4.17. The molecule has 1 unspecified atom stereocenters. The molecule has 124 valence electrons. The Morgan fingerprint density at radius 1 is 1.35 bits per heavy atom. The molecule has 0 amide bonds. The highest BCUT2D eigenvalue weighted by Crippen LogP contribution is 2.36. The number of pyridine rings is 1. The molecule has 4 heteroatoms. The van der Waals surface area contributed by atoms with Gasteiger partial charge < -0.3 is 4.74 Å². The number of likely N-dealkylation sites (tertiary alicyclic amines) is 1. The summed E-state index contributed by atoms with van der Waals surface area (Å²) in [6, 6.07) is 6.44. The van der Waals surface area contributed by atoms with E-state index in [0.717, 1.165) is 39.3 Å². The molecule has 0 N–H and O–H groups in total. The summed E-state index contributed by atoms with van der Waals surface area (Å²) in [5.41, 5.74) is 3.08. The fraction of sp³-hybridized carbons (Fsp3) is 0.526. The molecule has 3 rings (SSSR count). The SMILES string of the molecule is CCOCC1(CCc2ccsc2)CCN(Cc2cccnc2)C1. The van der Waals surface area contributed by atoms with E-state index in [-0.39, 0.29) is 0 Å². The third-order valence-electron chi connectivity index (χ3n) is 4.78. The zero-order valence-corrected chi connectivity index (χ0v) is 14.7. The third-order valence-corrected chi connectivity index (χ3v) is 5.51. The van der Waals surface area contributed by atoms with Gasteiger partial charge in [0.25, 0.3) is 0 Å². The number of ether oxygens (including phenoxy) is 1. The van der Waals surface area contributed by atoms with E-state index in [1.807, 2.05) is 18.5 Å². The van der Waals surface area contributed by atoms with Gasteiger partial charge in [-0.1, -0.05) is 6.07 Å². The van der Waals surface area contributed by atoms with Crippen molar-refractivity contribution in [2.75, 3.05) is 26.3 Å². The van der Waals surface area contributed by atoms with Crippen molar-refractivity contribution in [2.24, 2.45) is 5.41 Å². The maximum Gasteiger partial charge on any atom is 0.0535 e. The predicted octanol–water partition coefficient (Wildman–Crippen LogP) is 4.00. The molecule has 1 saturated heterocycles. The standard InChI is InChI=1S/C19H26N2OS/c1-2-22-16-19(7-5-17-6-11-23-14-17)8-10-21(15-19)13-18-4-3-9-20-12-18/h3-4,6,9,11-12,14H,2,5,7-8,10,13,15-16H2,1H3. The number of aromatic nitrogens is 1. The van der Waals surface area contributed by atoms with Crippen LogP contribution in [-0.2, 0) is 17.7 Å². The molecular weight excluding hydrogens is 304 g/mol. The number of aryl methyl sites for hydroxylation is 1. The lowest BCUT2D eigenvalue weighted by Gasteiger charge is -2.29. The zero-order valence-electron chi connectivity index (χ0n) is 13.9. The van der Waals surface area contributed by atoms with Crippen LogP contribution in [0.4, 0.5) is 0 Å². The van der Waals surface area contributed by atoms with Crippen molar-refractivity contribution in [3.05, 3.63) is 52.5 Å². The van der Waals surface area contributed by atoms with Crippen molar-refractivity contribution in [1.82, 2.24) is 9.88 Å². The van der Waals surface area contributed by atoms with Gasteiger partial charge in [0.1, 0.15) is 0 Å². The Labute approximate surface area is 143 Å². The quantitative estimate of drug-likeness (QED) is 0.731. The Morgan fingerprint density at radius 3 is 3.04 bits per heavy atom. The monoisotopic (exact) mass is 330 g/mol. The Balaban J connectivity index is 1.60. The van der Waals surface area contributed by atoms with Gasteiger partial charge >= 0.3 is 0 Å². The number of rotatable bonds is 8. The van der Waals surface area contributed by atoms with Gasteiger partial charge in [-0.3, -0.25) is 9.88 Å². The van der Waals surface area contributed by atoms with Crippen molar-refractivity contribution in [3.63, 3.8) is 0 Å². The average molecular weight is 330 g/mol. The van der Waals surface area contributed by atoms with Crippen molar-refractivity contribution in [1.29, 1.82) is 0 Å². The second-order valence-electron chi connectivity index (χ2n) is 6.59. The van der Waals surface area contributed by atoms with Gasteiger partial charge in [-0.15, -0.1) is 0 Å². The molecule has 1 aliphatic rings. The molecule has 0 radical (unpaired) electrons. The highest BCUT2D eigenvalue weighted by molar-refractivity contribution is 7.07. The Morgan fingerprint density at radius 2 is 2.30 bits per heavy atom. The minimum absolute atomic E-state index is 0.306. The number of hydrogen-bond donors (Lipinski definition) is 0. The molecule has 1 fully saturated rings. The molecular formula is C19H26N2OS. The maximum absolute atomic E-state index is 5.85. The lowest BCUT2D eigenvalue weighted by Crippen LogP contribution is -2.32. The topological polar surface area (TPSA) is 25.4 Å². The highest BCUT2D eigenvalue weighted by Gasteiger charge is 2.37. The lowest BCUT2D eigenvalue weighted by atomic mass is 9.82. The van der Waals surface area contributed by atoms with Crippen LogP contribution in [0.2, 0.25) is 0 Å².